The van der Waals surface area contributed by atoms with Crippen LogP contribution < -0.4 is 11.1 Å². The van der Waals surface area contributed by atoms with Gasteiger partial charge < -0.3 is 11.1 Å². The maximum absolute atomic E-state index is 10.5. The van der Waals surface area contributed by atoms with Crippen molar-refractivity contribution in [3.63, 3.8) is 0 Å². The van der Waals surface area contributed by atoms with Crippen molar-refractivity contribution in [3.05, 3.63) is 0 Å². The second-order valence-corrected chi connectivity index (χ2v) is 2.98. The van der Waals surface area contributed by atoms with Crippen LogP contribution in [0.25, 0.3) is 0 Å². The van der Waals surface area contributed by atoms with Crippen molar-refractivity contribution < 1.29 is 4.79 Å². The van der Waals surface area contributed by atoms with E-state index in [-0.39, 0.29) is 5.91 Å². The highest BCUT2D eigenvalue weighted by atomic mass is 16.1. The lowest BCUT2D eigenvalue weighted by Crippen LogP contribution is -2.35. The van der Waals surface area contributed by atoms with E-state index in [9.17, 15) is 4.79 Å². The Hall–Kier alpha value is -0.610. The summed E-state index contributed by atoms with van der Waals surface area (Å²) < 4.78 is 0. The summed E-state index contributed by atoms with van der Waals surface area (Å²) >= 11 is 0. The highest BCUT2D eigenvalue weighted by Gasteiger charge is 2.21. The highest BCUT2D eigenvalue weighted by Crippen LogP contribution is 2.06. The van der Waals surface area contributed by atoms with Crippen molar-refractivity contribution in [2.75, 3.05) is 26.7 Å². The number of nitrogens with two attached hydrogens (primary N) is 1. The number of hydrogen-bond acceptors (Lipinski definition) is 3. The summed E-state index contributed by atoms with van der Waals surface area (Å²) in [5.41, 5.74) is 5.06. The molecule has 1 saturated heterocycles. The van der Waals surface area contributed by atoms with Crippen LogP contribution in [0.15, 0.2) is 0 Å². The van der Waals surface area contributed by atoms with Crippen LogP contribution in [0.3, 0.4) is 0 Å². The smallest absolute Gasteiger partial charge is 0.231 e. The summed E-state index contributed by atoms with van der Waals surface area (Å²) in [6.45, 7) is 2.33. The molecule has 1 aliphatic heterocycles. The van der Waals surface area contributed by atoms with Gasteiger partial charge in [0.05, 0.1) is 6.54 Å². The summed E-state index contributed by atoms with van der Waals surface area (Å²) in [4.78, 5) is 12.6. The van der Waals surface area contributed by atoms with Gasteiger partial charge in [0.25, 0.3) is 0 Å². The van der Waals surface area contributed by atoms with Crippen molar-refractivity contribution in [1.29, 1.82) is 0 Å². The SMILES string of the molecule is CNC1CCN(CC(N)=O)C1. The number of likely N-dealkylation sites (N-methyl/N-ethyl adjacent to an activating group) is 1. The number of carbonyl (C=O) groups excluding carboxylic acids is 1. The Bertz CT molecular complexity index is 149. The van der Waals surface area contributed by atoms with E-state index in [0.29, 0.717) is 12.6 Å². The Morgan fingerprint density at radius 1 is 1.82 bits per heavy atom. The lowest BCUT2D eigenvalue weighted by molar-refractivity contribution is -0.118. The van der Waals surface area contributed by atoms with Gasteiger partial charge in [-0.1, -0.05) is 0 Å². The van der Waals surface area contributed by atoms with Crippen LogP contribution in [0, 0.1) is 0 Å². The maximum Gasteiger partial charge on any atom is 0.231 e. The van der Waals surface area contributed by atoms with Gasteiger partial charge in [0.1, 0.15) is 0 Å². The number of nitrogens with one attached hydrogen (secondary N) is 1. The zero-order valence-corrected chi connectivity index (χ0v) is 6.84. The Labute approximate surface area is 66.7 Å². The van der Waals surface area contributed by atoms with E-state index in [2.05, 4.69) is 10.2 Å². The number of nitrogens with zero attached hydrogens (tertiary/aromatic N) is 1. The van der Waals surface area contributed by atoms with Crippen molar-refractivity contribution in [1.82, 2.24) is 10.2 Å². The van der Waals surface area contributed by atoms with Crippen LogP contribution in [0.2, 0.25) is 0 Å². The highest BCUT2D eigenvalue weighted by molar-refractivity contribution is 5.75. The molecule has 0 aliphatic carbocycles. The Morgan fingerprint density at radius 3 is 3.00 bits per heavy atom. The molecule has 1 heterocycles. The summed E-state index contributed by atoms with van der Waals surface area (Å²) in [5, 5.41) is 3.17. The summed E-state index contributed by atoms with van der Waals surface area (Å²) in [6, 6.07) is 0.536. The molecule has 11 heavy (non-hydrogen) atoms. The molecule has 1 fully saturated rings. The third-order valence-corrected chi connectivity index (χ3v) is 2.06. The Kier molecular flexibility index (Phi) is 2.84. The molecule has 0 radical (unpaired) electrons. The first-order valence-electron chi connectivity index (χ1n) is 3.90. The van der Waals surface area contributed by atoms with Gasteiger partial charge in [0, 0.05) is 19.1 Å². The zero-order valence-electron chi connectivity index (χ0n) is 6.84. The quantitative estimate of drug-likeness (QED) is 0.539. The minimum atomic E-state index is -0.234. The van der Waals surface area contributed by atoms with Crippen molar-refractivity contribution in [2.45, 2.75) is 12.5 Å². The molecule has 1 aliphatic rings. The monoisotopic (exact) mass is 157 g/mol. The normalized spacial score (nSPS) is 25.7. The summed E-state index contributed by atoms with van der Waals surface area (Å²) in [7, 11) is 1.94. The molecule has 0 saturated carbocycles. The number of likely N-dealkylation sites (tertiary alicyclic amines) is 1. The first-order chi connectivity index (χ1) is 5.22. The molecule has 3 N–H and O–H groups in total. The molecular formula is C7H15N3O. The number of carbonyl (C=O) groups is 1. The van der Waals surface area contributed by atoms with Crippen LogP contribution in [0.5, 0.6) is 0 Å². The van der Waals surface area contributed by atoms with E-state index in [1.807, 2.05) is 7.05 Å². The minimum Gasteiger partial charge on any atom is -0.369 e. The number of rotatable bonds is 3. The maximum atomic E-state index is 10.5. The van der Waals surface area contributed by atoms with E-state index >= 15 is 0 Å². The van der Waals surface area contributed by atoms with Crippen molar-refractivity contribution in [2.24, 2.45) is 5.73 Å². The van der Waals surface area contributed by atoms with Gasteiger partial charge >= 0.3 is 0 Å². The zero-order chi connectivity index (χ0) is 8.27. The fourth-order valence-corrected chi connectivity index (χ4v) is 1.43. The molecule has 0 bridgehead atoms. The average Bonchev–Trinajstić information content (AvgIpc) is 2.34. The van der Waals surface area contributed by atoms with Gasteiger partial charge in [0.2, 0.25) is 5.91 Å². The Morgan fingerprint density at radius 2 is 2.55 bits per heavy atom. The van der Waals surface area contributed by atoms with Crippen LogP contribution in [0.4, 0.5) is 0 Å². The molecule has 1 atom stereocenters. The summed E-state index contributed by atoms with van der Waals surface area (Å²) in [5.74, 6) is -0.234. The standard InChI is InChI=1S/C7H15N3O/c1-9-6-2-3-10(4-6)5-7(8)11/h6,9H,2-5H2,1H3,(H2,8,11). The van der Waals surface area contributed by atoms with Crippen molar-refractivity contribution >= 4 is 5.91 Å². The van der Waals surface area contributed by atoms with Crippen molar-refractivity contribution in [3.8, 4) is 0 Å². The van der Waals surface area contributed by atoms with Crippen LogP contribution in [-0.2, 0) is 4.79 Å². The van der Waals surface area contributed by atoms with E-state index in [1.54, 1.807) is 0 Å². The molecule has 0 aromatic heterocycles. The van der Waals surface area contributed by atoms with Crippen LogP contribution in [-0.4, -0.2) is 43.5 Å². The topological polar surface area (TPSA) is 58.4 Å². The first-order valence-corrected chi connectivity index (χ1v) is 3.90. The molecule has 0 aromatic rings. The number of primary amides is 1. The van der Waals surface area contributed by atoms with Crippen LogP contribution >= 0.6 is 0 Å². The lowest BCUT2D eigenvalue weighted by Gasteiger charge is -2.12. The van der Waals surface area contributed by atoms with Gasteiger partial charge in [-0.2, -0.15) is 0 Å². The summed E-state index contributed by atoms with van der Waals surface area (Å²) in [6.07, 6.45) is 1.11. The average molecular weight is 157 g/mol. The molecule has 1 amide bonds. The predicted molar refractivity (Wildman–Crippen MR) is 43.1 cm³/mol. The fourth-order valence-electron chi connectivity index (χ4n) is 1.43. The molecule has 0 aromatic carbocycles. The van der Waals surface area contributed by atoms with Gasteiger partial charge in [-0.05, 0) is 13.5 Å². The third-order valence-electron chi connectivity index (χ3n) is 2.06. The van der Waals surface area contributed by atoms with E-state index in [1.165, 1.54) is 0 Å². The lowest BCUT2D eigenvalue weighted by atomic mass is 10.3. The largest absolute Gasteiger partial charge is 0.369 e. The van der Waals surface area contributed by atoms with E-state index in [4.69, 9.17) is 5.73 Å². The molecule has 1 rings (SSSR count). The Balaban J connectivity index is 2.24. The molecular weight excluding hydrogens is 142 g/mol. The second kappa shape index (κ2) is 3.69. The van der Waals surface area contributed by atoms with Gasteiger partial charge in [-0.15, -0.1) is 0 Å². The van der Waals surface area contributed by atoms with Gasteiger partial charge in [-0.3, -0.25) is 9.69 Å². The number of hydrogen-bond donors (Lipinski definition) is 2. The van der Waals surface area contributed by atoms with E-state index in [0.717, 1.165) is 19.5 Å². The second-order valence-electron chi connectivity index (χ2n) is 2.98. The minimum absolute atomic E-state index is 0.234. The molecule has 4 heteroatoms. The van der Waals surface area contributed by atoms with Gasteiger partial charge in [-0.25, -0.2) is 0 Å². The van der Waals surface area contributed by atoms with Crippen LogP contribution in [0.1, 0.15) is 6.42 Å². The molecule has 4 nitrogen and oxygen atoms in total. The third kappa shape index (κ3) is 2.48. The number of amides is 1. The molecule has 1 unspecified atom stereocenters. The van der Waals surface area contributed by atoms with E-state index < -0.39 is 0 Å². The predicted octanol–water partition coefficient (Wildman–Crippen LogP) is -1.23. The molecule has 0 spiro atoms. The van der Waals surface area contributed by atoms with Gasteiger partial charge in [0.15, 0.2) is 0 Å². The first kappa shape index (κ1) is 8.49. The molecule has 64 valence electrons. The fraction of sp³-hybridized carbons (Fsp3) is 0.857.